The summed E-state index contributed by atoms with van der Waals surface area (Å²) in [5.41, 5.74) is 1.73. The summed E-state index contributed by atoms with van der Waals surface area (Å²) in [6, 6.07) is 8.62. The molecule has 1 aromatic heterocycles. The molecule has 9 nitrogen and oxygen atoms in total. The van der Waals surface area contributed by atoms with Gasteiger partial charge in [0.15, 0.2) is 5.82 Å². The summed E-state index contributed by atoms with van der Waals surface area (Å²) in [5, 5.41) is 9.61. The molecule has 0 radical (unpaired) electrons. The van der Waals surface area contributed by atoms with Crippen LogP contribution in [-0.2, 0) is 19.1 Å². The van der Waals surface area contributed by atoms with Gasteiger partial charge in [-0.1, -0.05) is 42.3 Å². The Morgan fingerprint density at radius 1 is 1.08 bits per heavy atom. The molecule has 1 aliphatic carbocycles. The van der Waals surface area contributed by atoms with E-state index >= 15 is 0 Å². The average Bonchev–Trinajstić information content (AvgIpc) is 3.63. The first kappa shape index (κ1) is 25.9. The van der Waals surface area contributed by atoms with Crippen molar-refractivity contribution in [1.82, 2.24) is 15.4 Å². The number of aromatic nitrogens is 1. The van der Waals surface area contributed by atoms with Gasteiger partial charge in [0.1, 0.15) is 11.8 Å². The first-order valence-electron chi connectivity index (χ1n) is 12.9. The smallest absolute Gasteiger partial charge is 0.247 e. The highest BCUT2D eigenvalue weighted by molar-refractivity contribution is 5.94. The highest BCUT2D eigenvalue weighted by Crippen LogP contribution is 2.29. The van der Waals surface area contributed by atoms with Gasteiger partial charge in [-0.3, -0.25) is 14.4 Å². The predicted molar refractivity (Wildman–Crippen MR) is 134 cm³/mol. The van der Waals surface area contributed by atoms with E-state index in [2.05, 4.69) is 15.8 Å². The van der Waals surface area contributed by atoms with Crippen LogP contribution < -0.4 is 10.6 Å². The van der Waals surface area contributed by atoms with Crippen LogP contribution in [0.3, 0.4) is 0 Å². The van der Waals surface area contributed by atoms with E-state index in [1.54, 1.807) is 17.9 Å². The maximum Gasteiger partial charge on any atom is 0.247 e. The van der Waals surface area contributed by atoms with Crippen LogP contribution in [0.5, 0.6) is 0 Å². The van der Waals surface area contributed by atoms with Gasteiger partial charge < -0.3 is 24.8 Å². The lowest BCUT2D eigenvalue weighted by molar-refractivity contribution is -0.143. The first-order valence-corrected chi connectivity index (χ1v) is 12.9. The highest BCUT2D eigenvalue weighted by Gasteiger charge is 2.36. The fourth-order valence-corrected chi connectivity index (χ4v) is 5.05. The van der Waals surface area contributed by atoms with E-state index in [-0.39, 0.29) is 42.7 Å². The second-order valence-electron chi connectivity index (χ2n) is 9.80. The van der Waals surface area contributed by atoms with Crippen LogP contribution in [0, 0.1) is 13.8 Å². The number of carbonyl (C=O) groups is 3. The summed E-state index contributed by atoms with van der Waals surface area (Å²) < 4.78 is 10.8. The van der Waals surface area contributed by atoms with Crippen LogP contribution in [0.1, 0.15) is 74.3 Å². The van der Waals surface area contributed by atoms with Gasteiger partial charge in [-0.05, 0) is 50.7 Å². The van der Waals surface area contributed by atoms with E-state index in [1.165, 1.54) is 0 Å². The van der Waals surface area contributed by atoms with Crippen molar-refractivity contribution < 1.29 is 23.6 Å². The number of nitrogens with one attached hydrogen (secondary N) is 2. The summed E-state index contributed by atoms with van der Waals surface area (Å²) in [6.07, 6.45) is 5.66. The molecule has 1 aromatic carbocycles. The lowest BCUT2D eigenvalue weighted by Gasteiger charge is -2.34. The van der Waals surface area contributed by atoms with Gasteiger partial charge in [-0.25, -0.2) is 0 Å². The molecule has 2 N–H and O–H groups in total. The Labute approximate surface area is 211 Å². The monoisotopic (exact) mass is 496 g/mol. The molecule has 2 aromatic rings. The minimum absolute atomic E-state index is 0.0303. The number of nitrogens with zero attached hydrogens (tertiary/aromatic N) is 2. The van der Waals surface area contributed by atoms with Gasteiger partial charge in [0.2, 0.25) is 17.7 Å². The summed E-state index contributed by atoms with van der Waals surface area (Å²) in [6.45, 7) is 4.64. The van der Waals surface area contributed by atoms with Crippen molar-refractivity contribution in [2.24, 2.45) is 0 Å². The highest BCUT2D eigenvalue weighted by atomic mass is 16.5. The Morgan fingerprint density at radius 3 is 2.53 bits per heavy atom. The third-order valence-corrected chi connectivity index (χ3v) is 6.95. The summed E-state index contributed by atoms with van der Waals surface area (Å²) in [4.78, 5) is 41.5. The zero-order chi connectivity index (χ0) is 25.5. The fourth-order valence-electron chi connectivity index (χ4n) is 5.05. The van der Waals surface area contributed by atoms with Crippen molar-refractivity contribution in [2.45, 2.75) is 83.4 Å². The standard InChI is InChI=1S/C27H36N4O5/c1-18-8-3-6-12-22(18)26(27(34)28-20-9-4-5-10-20)31(17-21-11-7-15-35-21)25(33)14-13-24(32)29-23-16-19(2)36-30-23/h3,6,8,12,16,20-21,26H,4-5,7,9-11,13-15,17H2,1-2H3,(H,28,34)(H,29,30,32)/t21-,26-/m0/s1. The molecule has 1 saturated heterocycles. The SMILES string of the molecule is Cc1cc(NC(=O)CCC(=O)N(C[C@@H]2CCCO2)[C@H](C(=O)NC2CCCC2)c2ccccc2C)no1. The van der Waals surface area contributed by atoms with Gasteiger partial charge in [0.05, 0.1) is 6.10 Å². The van der Waals surface area contributed by atoms with Crippen molar-refractivity contribution in [1.29, 1.82) is 0 Å². The van der Waals surface area contributed by atoms with E-state index in [0.717, 1.165) is 49.7 Å². The third-order valence-electron chi connectivity index (χ3n) is 6.95. The Morgan fingerprint density at radius 2 is 1.86 bits per heavy atom. The third kappa shape index (κ3) is 6.72. The van der Waals surface area contributed by atoms with Gasteiger partial charge in [0, 0.05) is 38.1 Å². The largest absolute Gasteiger partial charge is 0.376 e. The fraction of sp³-hybridized carbons (Fsp3) is 0.556. The second kappa shape index (κ2) is 12.2. The lowest BCUT2D eigenvalue weighted by atomic mass is 9.97. The number of anilines is 1. The zero-order valence-electron chi connectivity index (χ0n) is 21.1. The van der Waals surface area contributed by atoms with E-state index in [1.807, 2.05) is 31.2 Å². The average molecular weight is 497 g/mol. The van der Waals surface area contributed by atoms with Crippen molar-refractivity contribution in [3.05, 3.63) is 47.2 Å². The zero-order valence-corrected chi connectivity index (χ0v) is 21.1. The van der Waals surface area contributed by atoms with Gasteiger partial charge in [-0.2, -0.15) is 0 Å². The summed E-state index contributed by atoms with van der Waals surface area (Å²) >= 11 is 0. The minimum atomic E-state index is -0.787. The van der Waals surface area contributed by atoms with E-state index < -0.39 is 6.04 Å². The molecular formula is C27H36N4O5. The molecule has 2 fully saturated rings. The first-order chi connectivity index (χ1) is 17.4. The number of carbonyl (C=O) groups excluding carboxylic acids is 3. The van der Waals surface area contributed by atoms with Crippen LogP contribution in [0.2, 0.25) is 0 Å². The van der Waals surface area contributed by atoms with Gasteiger partial charge >= 0.3 is 0 Å². The number of aryl methyl sites for hydroxylation is 2. The molecule has 2 aliphatic rings. The lowest BCUT2D eigenvalue weighted by Crippen LogP contribution is -2.48. The molecule has 9 heteroatoms. The molecule has 1 aliphatic heterocycles. The number of amides is 3. The Balaban J connectivity index is 1.54. The number of hydrogen-bond donors (Lipinski definition) is 2. The molecule has 0 bridgehead atoms. The van der Waals surface area contributed by atoms with Crippen molar-refractivity contribution in [2.75, 3.05) is 18.5 Å². The topological polar surface area (TPSA) is 114 Å². The summed E-state index contributed by atoms with van der Waals surface area (Å²) in [5.74, 6) is 0.127. The van der Waals surface area contributed by atoms with E-state index in [4.69, 9.17) is 9.26 Å². The molecule has 0 unspecified atom stereocenters. The van der Waals surface area contributed by atoms with Gasteiger partial charge in [0.25, 0.3) is 0 Å². The summed E-state index contributed by atoms with van der Waals surface area (Å²) in [7, 11) is 0. The Kier molecular flexibility index (Phi) is 8.74. The van der Waals surface area contributed by atoms with Crippen molar-refractivity contribution >= 4 is 23.5 Å². The molecule has 4 rings (SSSR count). The number of hydrogen-bond acceptors (Lipinski definition) is 6. The number of benzene rings is 1. The molecule has 3 amide bonds. The predicted octanol–water partition coefficient (Wildman–Crippen LogP) is 3.82. The van der Waals surface area contributed by atoms with Crippen LogP contribution in [0.25, 0.3) is 0 Å². The molecule has 2 heterocycles. The quantitative estimate of drug-likeness (QED) is 0.517. The van der Waals surface area contributed by atoms with Crippen molar-refractivity contribution in [3.8, 4) is 0 Å². The molecule has 1 saturated carbocycles. The van der Waals surface area contributed by atoms with Crippen LogP contribution in [0.4, 0.5) is 5.82 Å². The molecule has 194 valence electrons. The second-order valence-corrected chi connectivity index (χ2v) is 9.80. The normalized spacial score (nSPS) is 18.7. The molecule has 2 atom stereocenters. The Hall–Kier alpha value is -3.20. The van der Waals surface area contributed by atoms with Crippen LogP contribution in [-0.4, -0.2) is 53.1 Å². The maximum absolute atomic E-state index is 13.7. The molecular weight excluding hydrogens is 460 g/mol. The Bertz CT molecular complexity index is 1060. The number of rotatable bonds is 10. The van der Waals surface area contributed by atoms with Crippen LogP contribution in [0.15, 0.2) is 34.9 Å². The van der Waals surface area contributed by atoms with Crippen LogP contribution >= 0.6 is 0 Å². The van der Waals surface area contributed by atoms with E-state index in [9.17, 15) is 14.4 Å². The molecule has 0 spiro atoms. The molecule has 36 heavy (non-hydrogen) atoms. The van der Waals surface area contributed by atoms with E-state index in [0.29, 0.717) is 24.7 Å². The van der Waals surface area contributed by atoms with Crippen molar-refractivity contribution in [3.63, 3.8) is 0 Å². The minimum Gasteiger partial charge on any atom is -0.376 e. The maximum atomic E-state index is 13.7. The van der Waals surface area contributed by atoms with Gasteiger partial charge in [-0.15, -0.1) is 0 Å². The number of ether oxygens (including phenoxy) is 1.